The first kappa shape index (κ1) is 15.7. The number of rotatable bonds is 6. The summed E-state index contributed by atoms with van der Waals surface area (Å²) in [5.74, 6) is -1.16. The molecule has 0 heterocycles. The molecule has 19 heavy (non-hydrogen) atoms. The Morgan fingerprint density at radius 3 is 2.21 bits per heavy atom. The Labute approximate surface area is 113 Å². The lowest BCUT2D eigenvalue weighted by atomic mass is 10.2. The molecule has 1 rings (SSSR count). The van der Waals surface area contributed by atoms with Gasteiger partial charge in [0.25, 0.3) is 0 Å². The molecule has 1 aromatic rings. The van der Waals surface area contributed by atoms with Crippen LogP contribution in [0.25, 0.3) is 0 Å². The molecule has 0 amide bonds. The fraction of sp³-hybridized carbons (Fsp3) is 0.462. The first-order valence-corrected chi connectivity index (χ1v) is 7.58. The second kappa shape index (κ2) is 6.16. The summed E-state index contributed by atoms with van der Waals surface area (Å²) in [7, 11) is -3.80. The molecule has 5 nitrogen and oxygen atoms in total. The smallest absolute Gasteiger partial charge is 0.321 e. The van der Waals surface area contributed by atoms with Crippen molar-refractivity contribution in [1.82, 2.24) is 4.72 Å². The molecule has 1 aromatic carbocycles. The first-order valence-electron chi connectivity index (χ1n) is 6.09. The van der Waals surface area contributed by atoms with Crippen molar-refractivity contribution in [2.24, 2.45) is 0 Å². The Kier molecular flexibility index (Phi) is 5.08. The molecule has 2 N–H and O–H groups in total. The van der Waals surface area contributed by atoms with Gasteiger partial charge in [-0.2, -0.15) is 4.72 Å². The zero-order valence-corrected chi connectivity index (χ0v) is 12.1. The van der Waals surface area contributed by atoms with Gasteiger partial charge in [-0.1, -0.05) is 19.4 Å². The van der Waals surface area contributed by atoms with Crippen LogP contribution >= 0.6 is 0 Å². The number of benzene rings is 1. The molecule has 6 heteroatoms. The topological polar surface area (TPSA) is 83.5 Å². The van der Waals surface area contributed by atoms with Crippen molar-refractivity contribution < 1.29 is 18.3 Å². The van der Waals surface area contributed by atoms with E-state index in [1.807, 2.05) is 6.07 Å². The number of hydrogen-bond acceptors (Lipinski definition) is 3. The SMILES string of the molecule is CCC[C@H](NS(=O)(=O)c1cc(C)cc(C)c1)C(=O)O. The van der Waals surface area contributed by atoms with Gasteiger partial charge in [-0.15, -0.1) is 0 Å². The van der Waals surface area contributed by atoms with Crippen LogP contribution in [-0.2, 0) is 14.8 Å². The average molecular weight is 285 g/mol. The lowest BCUT2D eigenvalue weighted by Crippen LogP contribution is -2.40. The highest BCUT2D eigenvalue weighted by atomic mass is 32.2. The van der Waals surface area contributed by atoms with Gasteiger partial charge in [-0.25, -0.2) is 8.42 Å². The van der Waals surface area contributed by atoms with E-state index in [1.54, 1.807) is 20.8 Å². The van der Waals surface area contributed by atoms with E-state index in [9.17, 15) is 13.2 Å². The summed E-state index contributed by atoms with van der Waals surface area (Å²) in [5.41, 5.74) is 1.64. The van der Waals surface area contributed by atoms with Crippen molar-refractivity contribution in [3.8, 4) is 0 Å². The third kappa shape index (κ3) is 4.33. The van der Waals surface area contributed by atoms with Crippen LogP contribution in [0.5, 0.6) is 0 Å². The first-order chi connectivity index (χ1) is 8.76. The van der Waals surface area contributed by atoms with Crippen LogP contribution in [0.2, 0.25) is 0 Å². The number of nitrogens with one attached hydrogen (secondary N) is 1. The maximum absolute atomic E-state index is 12.2. The van der Waals surface area contributed by atoms with Crippen LogP contribution in [0.15, 0.2) is 23.1 Å². The fourth-order valence-electron chi connectivity index (χ4n) is 1.86. The van der Waals surface area contributed by atoms with Gasteiger partial charge in [0, 0.05) is 0 Å². The van der Waals surface area contributed by atoms with Gasteiger partial charge in [0.2, 0.25) is 10.0 Å². The number of aryl methyl sites for hydroxylation is 2. The van der Waals surface area contributed by atoms with Crippen LogP contribution in [0, 0.1) is 13.8 Å². The minimum atomic E-state index is -3.80. The second-order valence-corrected chi connectivity index (χ2v) is 6.34. The molecule has 0 aliphatic heterocycles. The van der Waals surface area contributed by atoms with Crippen LogP contribution < -0.4 is 4.72 Å². The highest BCUT2D eigenvalue weighted by Gasteiger charge is 2.24. The van der Waals surface area contributed by atoms with Gasteiger partial charge >= 0.3 is 5.97 Å². The summed E-state index contributed by atoms with van der Waals surface area (Å²) >= 11 is 0. The maximum atomic E-state index is 12.2. The number of carboxylic acids is 1. The number of sulfonamides is 1. The van der Waals surface area contributed by atoms with E-state index in [1.165, 1.54) is 12.1 Å². The van der Waals surface area contributed by atoms with Crippen molar-refractivity contribution >= 4 is 16.0 Å². The summed E-state index contributed by atoms with van der Waals surface area (Å²) in [4.78, 5) is 11.1. The summed E-state index contributed by atoms with van der Waals surface area (Å²) in [6, 6.07) is 3.83. The quantitative estimate of drug-likeness (QED) is 0.835. The Bertz CT molecular complexity index is 546. The Morgan fingerprint density at radius 2 is 1.79 bits per heavy atom. The maximum Gasteiger partial charge on any atom is 0.321 e. The second-order valence-electron chi connectivity index (χ2n) is 4.62. The molecule has 0 bridgehead atoms. The largest absolute Gasteiger partial charge is 0.480 e. The Morgan fingerprint density at radius 1 is 1.26 bits per heavy atom. The van der Waals surface area contributed by atoms with Crippen LogP contribution in [0.4, 0.5) is 0 Å². The van der Waals surface area contributed by atoms with E-state index in [-0.39, 0.29) is 11.3 Å². The van der Waals surface area contributed by atoms with Crippen LogP contribution in [0.1, 0.15) is 30.9 Å². The highest BCUT2D eigenvalue weighted by Crippen LogP contribution is 2.15. The lowest BCUT2D eigenvalue weighted by molar-refractivity contribution is -0.139. The number of carbonyl (C=O) groups is 1. The molecule has 0 radical (unpaired) electrons. The number of aliphatic carboxylic acids is 1. The zero-order valence-electron chi connectivity index (χ0n) is 11.3. The predicted molar refractivity (Wildman–Crippen MR) is 72.6 cm³/mol. The molecular weight excluding hydrogens is 266 g/mol. The summed E-state index contributed by atoms with van der Waals surface area (Å²) < 4.78 is 26.5. The predicted octanol–water partition coefficient (Wildman–Crippen LogP) is 1.84. The molecular formula is C13H19NO4S. The van der Waals surface area contributed by atoms with E-state index in [0.717, 1.165) is 11.1 Å². The fourth-order valence-corrected chi connectivity index (χ4v) is 3.28. The van der Waals surface area contributed by atoms with Crippen molar-refractivity contribution in [2.75, 3.05) is 0 Å². The molecule has 0 spiro atoms. The van der Waals surface area contributed by atoms with Crippen molar-refractivity contribution in [3.05, 3.63) is 29.3 Å². The van der Waals surface area contributed by atoms with E-state index < -0.39 is 22.0 Å². The van der Waals surface area contributed by atoms with Gasteiger partial charge in [0.1, 0.15) is 6.04 Å². The van der Waals surface area contributed by atoms with Crippen molar-refractivity contribution in [1.29, 1.82) is 0 Å². The molecule has 0 saturated heterocycles. The molecule has 0 fully saturated rings. The highest BCUT2D eigenvalue weighted by molar-refractivity contribution is 7.89. The van der Waals surface area contributed by atoms with Gasteiger partial charge in [0.15, 0.2) is 0 Å². The molecule has 0 saturated carbocycles. The summed E-state index contributed by atoms with van der Waals surface area (Å²) in [5, 5.41) is 9.00. The minimum Gasteiger partial charge on any atom is -0.480 e. The van der Waals surface area contributed by atoms with Gasteiger partial charge in [-0.3, -0.25) is 4.79 Å². The summed E-state index contributed by atoms with van der Waals surface area (Å²) in [6.45, 7) is 5.40. The normalized spacial score (nSPS) is 13.2. The third-order valence-corrected chi connectivity index (χ3v) is 4.13. The average Bonchev–Trinajstić information content (AvgIpc) is 2.26. The van der Waals surface area contributed by atoms with E-state index >= 15 is 0 Å². The molecule has 0 aliphatic rings. The van der Waals surface area contributed by atoms with Gasteiger partial charge in [-0.05, 0) is 43.5 Å². The standard InChI is InChI=1S/C13H19NO4S/c1-4-5-12(13(15)16)14-19(17,18)11-7-9(2)6-10(3)8-11/h6-8,12,14H,4-5H2,1-3H3,(H,15,16)/t12-/m0/s1. The summed E-state index contributed by atoms with van der Waals surface area (Å²) in [6.07, 6.45) is 0.853. The molecule has 0 aliphatic carbocycles. The van der Waals surface area contributed by atoms with E-state index in [4.69, 9.17) is 5.11 Å². The number of hydrogen-bond donors (Lipinski definition) is 2. The Hall–Kier alpha value is -1.40. The van der Waals surface area contributed by atoms with Crippen LogP contribution in [0.3, 0.4) is 0 Å². The third-order valence-electron chi connectivity index (χ3n) is 2.68. The molecule has 0 unspecified atom stereocenters. The lowest BCUT2D eigenvalue weighted by Gasteiger charge is -2.14. The van der Waals surface area contributed by atoms with Crippen molar-refractivity contribution in [2.45, 2.75) is 44.6 Å². The van der Waals surface area contributed by atoms with E-state index in [2.05, 4.69) is 4.72 Å². The van der Waals surface area contributed by atoms with E-state index in [0.29, 0.717) is 6.42 Å². The van der Waals surface area contributed by atoms with Crippen LogP contribution in [-0.4, -0.2) is 25.5 Å². The Balaban J connectivity index is 3.06. The molecule has 1 atom stereocenters. The molecule has 0 aromatic heterocycles. The van der Waals surface area contributed by atoms with Gasteiger partial charge < -0.3 is 5.11 Å². The molecule has 106 valence electrons. The zero-order chi connectivity index (χ0) is 14.6. The number of carboxylic acid groups (broad SMARTS) is 1. The van der Waals surface area contributed by atoms with Crippen molar-refractivity contribution in [3.63, 3.8) is 0 Å². The minimum absolute atomic E-state index is 0.104. The monoisotopic (exact) mass is 285 g/mol. The van der Waals surface area contributed by atoms with Gasteiger partial charge in [0.05, 0.1) is 4.90 Å².